The van der Waals surface area contributed by atoms with E-state index < -0.39 is 0 Å². The van der Waals surface area contributed by atoms with Crippen molar-refractivity contribution in [1.29, 1.82) is 0 Å². The lowest BCUT2D eigenvalue weighted by Gasteiger charge is -2.11. The van der Waals surface area contributed by atoms with Crippen LogP contribution >= 0.6 is 54.8 Å². The summed E-state index contributed by atoms with van der Waals surface area (Å²) in [5, 5.41) is 4.45. The quantitative estimate of drug-likeness (QED) is 0.454. The molecule has 0 aliphatic heterocycles. The van der Waals surface area contributed by atoms with Crippen LogP contribution in [-0.2, 0) is 0 Å². The van der Waals surface area contributed by atoms with Crippen LogP contribution in [0.4, 0.5) is 4.39 Å². The van der Waals surface area contributed by atoms with E-state index in [4.69, 9.17) is 11.6 Å². The summed E-state index contributed by atoms with van der Waals surface area (Å²) in [6.45, 7) is 0. The van der Waals surface area contributed by atoms with Crippen molar-refractivity contribution in [2.75, 3.05) is 0 Å². The largest absolute Gasteiger partial charge is 0.207 e. The van der Waals surface area contributed by atoms with E-state index in [1.165, 1.54) is 6.07 Å². The Labute approximate surface area is 119 Å². The third-order valence-corrected chi connectivity index (χ3v) is 5.07. The van der Waals surface area contributed by atoms with Crippen molar-refractivity contribution in [3.63, 3.8) is 0 Å². The molecule has 0 aliphatic carbocycles. The predicted octanol–water partition coefficient (Wildman–Crippen LogP) is 5.79. The van der Waals surface area contributed by atoms with E-state index in [0.717, 1.165) is 5.56 Å². The molecule has 5 heteroatoms. The maximum Gasteiger partial charge on any atom is 0.129 e. The minimum atomic E-state index is -0.274. The van der Waals surface area contributed by atoms with E-state index in [9.17, 15) is 4.39 Å². The Morgan fingerprint density at radius 1 is 1.38 bits per heavy atom. The summed E-state index contributed by atoms with van der Waals surface area (Å²) in [5.41, 5.74) is 1.58. The molecular weight excluding hydrogens is 378 g/mol. The molecule has 0 amide bonds. The second-order valence-electron chi connectivity index (χ2n) is 3.21. The molecule has 0 fully saturated rings. The van der Waals surface area contributed by atoms with Crippen LogP contribution in [-0.4, -0.2) is 0 Å². The Morgan fingerprint density at radius 2 is 2.12 bits per heavy atom. The van der Waals surface area contributed by atoms with Gasteiger partial charge in [0.05, 0.1) is 9.85 Å². The molecule has 0 nitrogen and oxygen atoms in total. The lowest BCUT2D eigenvalue weighted by Crippen LogP contribution is -1.95. The maximum absolute atomic E-state index is 13.8. The fraction of sp³-hybridized carbons (Fsp3) is 0.0909. The molecular formula is C11H6Br2ClFS. The van der Waals surface area contributed by atoms with Crippen LogP contribution < -0.4 is 0 Å². The monoisotopic (exact) mass is 382 g/mol. The highest BCUT2D eigenvalue weighted by atomic mass is 79.9. The number of benzene rings is 1. The van der Waals surface area contributed by atoms with Gasteiger partial charge in [-0.3, -0.25) is 0 Å². The molecule has 0 spiro atoms. The zero-order valence-corrected chi connectivity index (χ0v) is 12.6. The molecule has 1 aromatic carbocycles. The van der Waals surface area contributed by atoms with Gasteiger partial charge < -0.3 is 0 Å². The predicted molar refractivity (Wildman–Crippen MR) is 74.2 cm³/mol. The van der Waals surface area contributed by atoms with Gasteiger partial charge in [-0.1, -0.05) is 27.5 Å². The molecule has 0 N–H and O–H groups in total. The minimum Gasteiger partial charge on any atom is -0.207 e. The first-order valence-corrected chi connectivity index (χ1v) is 7.43. The first-order chi connectivity index (χ1) is 7.59. The third-order valence-electron chi connectivity index (χ3n) is 2.15. The third kappa shape index (κ3) is 2.50. The average molecular weight is 384 g/mol. The van der Waals surface area contributed by atoms with E-state index in [2.05, 4.69) is 31.9 Å². The number of hydrogen-bond acceptors (Lipinski definition) is 1. The van der Waals surface area contributed by atoms with Gasteiger partial charge in [0.15, 0.2) is 0 Å². The van der Waals surface area contributed by atoms with Crippen LogP contribution in [0.3, 0.4) is 0 Å². The second-order valence-corrected chi connectivity index (χ2v) is 6.16. The number of hydrogen-bond donors (Lipinski definition) is 0. The Morgan fingerprint density at radius 3 is 2.75 bits per heavy atom. The zero-order valence-electron chi connectivity index (χ0n) is 7.88. The fourth-order valence-corrected chi connectivity index (χ4v) is 3.32. The fourth-order valence-electron chi connectivity index (χ4n) is 1.33. The van der Waals surface area contributed by atoms with E-state index in [0.29, 0.717) is 15.1 Å². The first-order valence-electron chi connectivity index (χ1n) is 4.40. The number of thiophene rings is 1. The highest BCUT2D eigenvalue weighted by molar-refractivity contribution is 9.10. The molecule has 1 heterocycles. The summed E-state index contributed by atoms with van der Waals surface area (Å²) in [4.78, 5) is -0.163. The van der Waals surface area contributed by atoms with Crippen LogP contribution in [0.1, 0.15) is 16.0 Å². The van der Waals surface area contributed by atoms with Gasteiger partial charge in [0, 0.05) is 10.0 Å². The highest BCUT2D eigenvalue weighted by Gasteiger charge is 2.17. The highest BCUT2D eigenvalue weighted by Crippen LogP contribution is 2.37. The Kier molecular flexibility index (Phi) is 4.06. The van der Waals surface area contributed by atoms with Gasteiger partial charge in [-0.25, -0.2) is 4.39 Å². The number of halogens is 4. The van der Waals surface area contributed by atoms with Gasteiger partial charge >= 0.3 is 0 Å². The van der Waals surface area contributed by atoms with Crippen molar-refractivity contribution in [2.45, 2.75) is 4.83 Å². The van der Waals surface area contributed by atoms with Crippen LogP contribution in [0, 0.1) is 5.82 Å². The zero-order chi connectivity index (χ0) is 11.7. The molecule has 16 heavy (non-hydrogen) atoms. The molecule has 1 unspecified atom stereocenters. The van der Waals surface area contributed by atoms with Crippen LogP contribution in [0.15, 0.2) is 33.4 Å². The second kappa shape index (κ2) is 5.17. The minimum absolute atomic E-state index is 0.163. The topological polar surface area (TPSA) is 0 Å². The normalized spacial score (nSPS) is 12.8. The molecule has 1 atom stereocenters. The molecule has 2 aromatic rings. The summed E-state index contributed by atoms with van der Waals surface area (Å²) in [7, 11) is 0. The van der Waals surface area contributed by atoms with Gasteiger partial charge in [0.2, 0.25) is 0 Å². The van der Waals surface area contributed by atoms with Crippen LogP contribution in [0.25, 0.3) is 0 Å². The lowest BCUT2D eigenvalue weighted by molar-refractivity contribution is 0.613. The van der Waals surface area contributed by atoms with E-state index in [-0.39, 0.29) is 10.6 Å². The van der Waals surface area contributed by atoms with Crippen molar-refractivity contribution in [2.24, 2.45) is 0 Å². The Bertz CT molecular complexity index is 499. The number of alkyl halides is 1. The molecule has 0 saturated heterocycles. The smallest absolute Gasteiger partial charge is 0.129 e. The molecule has 0 saturated carbocycles. The Hall–Kier alpha value is 0.1000. The van der Waals surface area contributed by atoms with Crippen molar-refractivity contribution in [1.82, 2.24) is 0 Å². The van der Waals surface area contributed by atoms with Crippen LogP contribution in [0.2, 0.25) is 5.02 Å². The van der Waals surface area contributed by atoms with Gasteiger partial charge in [0.1, 0.15) is 5.82 Å². The van der Waals surface area contributed by atoms with Gasteiger partial charge in [-0.15, -0.1) is 0 Å². The molecule has 84 valence electrons. The van der Waals surface area contributed by atoms with Crippen molar-refractivity contribution in [3.05, 3.63) is 55.4 Å². The summed E-state index contributed by atoms with van der Waals surface area (Å²) in [6, 6.07) is 4.98. The maximum atomic E-state index is 13.8. The van der Waals surface area contributed by atoms with Gasteiger partial charge in [-0.05, 0) is 50.5 Å². The number of rotatable bonds is 2. The van der Waals surface area contributed by atoms with Gasteiger partial charge in [0.25, 0.3) is 0 Å². The van der Waals surface area contributed by atoms with Gasteiger partial charge in [-0.2, -0.15) is 11.3 Å². The summed E-state index contributed by atoms with van der Waals surface area (Å²) < 4.78 is 14.3. The summed E-state index contributed by atoms with van der Waals surface area (Å²) >= 11 is 14.2. The molecule has 2 rings (SSSR count). The molecule has 0 bridgehead atoms. The molecule has 0 aliphatic rings. The van der Waals surface area contributed by atoms with E-state index in [1.807, 2.05) is 16.8 Å². The van der Waals surface area contributed by atoms with E-state index >= 15 is 0 Å². The van der Waals surface area contributed by atoms with Crippen molar-refractivity contribution >= 4 is 54.8 Å². The SMILES string of the molecule is Fc1cc(Br)c(Cl)cc1C(Br)c1ccsc1. The van der Waals surface area contributed by atoms with E-state index in [1.54, 1.807) is 17.4 Å². The average Bonchev–Trinajstić information content (AvgIpc) is 2.75. The molecule has 0 radical (unpaired) electrons. The van der Waals surface area contributed by atoms with Crippen molar-refractivity contribution < 1.29 is 4.39 Å². The van der Waals surface area contributed by atoms with Crippen molar-refractivity contribution in [3.8, 4) is 0 Å². The first kappa shape index (κ1) is 12.6. The Balaban J connectivity index is 2.44. The standard InChI is InChI=1S/C11H6Br2ClFS/c12-8-4-10(15)7(3-9(8)14)11(13)6-1-2-16-5-6/h1-5,11H. The summed E-state index contributed by atoms with van der Waals surface area (Å²) in [6.07, 6.45) is 0. The summed E-state index contributed by atoms with van der Waals surface area (Å²) in [5.74, 6) is -0.274. The lowest BCUT2D eigenvalue weighted by atomic mass is 10.1. The van der Waals surface area contributed by atoms with Crippen LogP contribution in [0.5, 0.6) is 0 Å². The molecule has 1 aromatic heterocycles.